The van der Waals surface area contributed by atoms with E-state index < -0.39 is 29.9 Å². The lowest BCUT2D eigenvalue weighted by molar-refractivity contribution is -0.155. The molecule has 12 nitrogen and oxygen atoms in total. The Morgan fingerprint density at radius 3 is 2.77 bits per heavy atom. The molecule has 1 fully saturated rings. The minimum atomic E-state index is -1.18. The molecule has 3 aliphatic rings. The van der Waals surface area contributed by atoms with E-state index in [0.29, 0.717) is 25.2 Å². The van der Waals surface area contributed by atoms with Crippen LogP contribution in [0.1, 0.15) is 18.5 Å². The highest BCUT2D eigenvalue weighted by Gasteiger charge is 2.54. The Labute approximate surface area is 181 Å². The van der Waals surface area contributed by atoms with Crippen LogP contribution in [0, 0.1) is 0 Å². The molecule has 2 atom stereocenters. The van der Waals surface area contributed by atoms with E-state index >= 15 is 0 Å². The Morgan fingerprint density at radius 1 is 1.42 bits per heavy atom. The van der Waals surface area contributed by atoms with Gasteiger partial charge in [0.05, 0.1) is 18.4 Å². The van der Waals surface area contributed by atoms with Gasteiger partial charge in [-0.3, -0.25) is 14.5 Å². The number of allylic oxidation sites excluding steroid dienone is 1. The summed E-state index contributed by atoms with van der Waals surface area (Å²) in [5.41, 5.74) is 6.26. The van der Waals surface area contributed by atoms with Gasteiger partial charge in [0.15, 0.2) is 10.8 Å². The summed E-state index contributed by atoms with van der Waals surface area (Å²) in [7, 11) is 3.16. The smallest absolute Gasteiger partial charge is 0.354 e. The fourth-order valence-corrected chi connectivity index (χ4v) is 4.48. The third kappa shape index (κ3) is 3.56. The van der Waals surface area contributed by atoms with Crippen LogP contribution in [0.3, 0.4) is 0 Å². The Kier molecular flexibility index (Phi) is 5.27. The number of aliphatic carboxylic acids is 1. The number of thiazole rings is 1. The first-order valence-electron chi connectivity index (χ1n) is 9.40. The van der Waals surface area contributed by atoms with Crippen LogP contribution >= 0.6 is 11.3 Å². The first-order chi connectivity index (χ1) is 14.8. The summed E-state index contributed by atoms with van der Waals surface area (Å²) in [6.45, 7) is 0.507. The first-order valence-corrected chi connectivity index (χ1v) is 10.3. The van der Waals surface area contributed by atoms with Crippen molar-refractivity contribution in [3.05, 3.63) is 34.9 Å². The standard InChI is InChI=1S/C18H21N7O5S/c1-23-5-6-24(8-23)11-4-3-10-13(16(27)25(10)14(11)17(28)29)21-15(26)12(22-30-2)9-7-31-18(19)20-9/h5-7,10,13H,3-4,8H2,1-2H3,(H2,19,20)(H,21,26)(H,28,29)/b22-12-/t10?,13-/m1/s1. The van der Waals surface area contributed by atoms with E-state index in [1.165, 1.54) is 12.0 Å². The molecular formula is C18H21N7O5S. The van der Waals surface area contributed by atoms with Crippen LogP contribution < -0.4 is 11.1 Å². The van der Waals surface area contributed by atoms with Crippen molar-refractivity contribution in [1.82, 2.24) is 25.0 Å². The number of hydrogen-bond acceptors (Lipinski definition) is 10. The number of nitrogen functional groups attached to an aromatic ring is 1. The molecule has 31 heavy (non-hydrogen) atoms. The number of amides is 2. The van der Waals surface area contributed by atoms with Gasteiger partial charge in [0, 0.05) is 24.8 Å². The Morgan fingerprint density at radius 2 is 2.19 bits per heavy atom. The molecule has 2 amide bonds. The highest BCUT2D eigenvalue weighted by atomic mass is 32.1. The minimum absolute atomic E-state index is 0.0512. The molecule has 3 aliphatic heterocycles. The van der Waals surface area contributed by atoms with Gasteiger partial charge in [0.1, 0.15) is 24.5 Å². The lowest BCUT2D eigenvalue weighted by Gasteiger charge is -2.50. The second-order valence-corrected chi connectivity index (χ2v) is 8.12. The van der Waals surface area contributed by atoms with E-state index in [-0.39, 0.29) is 22.2 Å². The van der Waals surface area contributed by atoms with Crippen LogP contribution in [0.2, 0.25) is 0 Å². The molecule has 0 saturated carbocycles. The number of rotatable bonds is 6. The predicted octanol–water partition coefficient (Wildman–Crippen LogP) is -0.462. The molecule has 0 bridgehead atoms. The quantitative estimate of drug-likeness (QED) is 0.298. The van der Waals surface area contributed by atoms with Crippen molar-refractivity contribution in [3.8, 4) is 0 Å². The maximum Gasteiger partial charge on any atom is 0.354 e. The zero-order chi connectivity index (χ0) is 22.3. The van der Waals surface area contributed by atoms with Crippen LogP contribution in [0.4, 0.5) is 5.13 Å². The number of fused-ring (bicyclic) bond motifs is 1. The summed E-state index contributed by atoms with van der Waals surface area (Å²) < 4.78 is 0. The zero-order valence-corrected chi connectivity index (χ0v) is 17.6. The SMILES string of the molecule is CO/N=C(\C(=O)N[C@H]1C(=O)N2C(C(=O)O)=C(N3C=CN(C)C3)CCC12)c1csc(N)n1. The molecule has 1 unspecified atom stereocenters. The molecule has 164 valence electrons. The lowest BCUT2D eigenvalue weighted by Crippen LogP contribution is -2.72. The van der Waals surface area contributed by atoms with E-state index in [0.717, 1.165) is 11.3 Å². The molecular weight excluding hydrogens is 426 g/mol. The third-order valence-corrected chi connectivity index (χ3v) is 5.96. The average Bonchev–Trinajstić information content (AvgIpc) is 3.36. The van der Waals surface area contributed by atoms with Crippen LogP contribution in [-0.4, -0.2) is 81.2 Å². The third-order valence-electron chi connectivity index (χ3n) is 5.29. The Hall–Kier alpha value is -3.61. The Balaban J connectivity index is 1.54. The number of carbonyl (C=O) groups excluding carboxylic acids is 2. The number of nitrogens with zero attached hydrogens (tertiary/aromatic N) is 5. The van der Waals surface area contributed by atoms with E-state index in [1.807, 2.05) is 23.0 Å². The zero-order valence-electron chi connectivity index (χ0n) is 16.8. The molecule has 0 aliphatic carbocycles. The molecule has 13 heteroatoms. The molecule has 0 aromatic carbocycles. The summed E-state index contributed by atoms with van der Waals surface area (Å²) in [6.07, 6.45) is 4.59. The van der Waals surface area contributed by atoms with Crippen molar-refractivity contribution in [2.24, 2.45) is 5.16 Å². The van der Waals surface area contributed by atoms with Crippen molar-refractivity contribution in [2.75, 3.05) is 26.6 Å². The van der Waals surface area contributed by atoms with E-state index in [9.17, 15) is 19.5 Å². The maximum atomic E-state index is 12.9. The number of carboxylic acid groups (broad SMARTS) is 1. The molecule has 1 aromatic heterocycles. The highest BCUT2D eigenvalue weighted by Crippen LogP contribution is 2.38. The lowest BCUT2D eigenvalue weighted by atomic mass is 9.85. The number of nitrogens with one attached hydrogen (secondary N) is 1. The maximum absolute atomic E-state index is 12.9. The predicted molar refractivity (Wildman–Crippen MR) is 110 cm³/mol. The van der Waals surface area contributed by atoms with Gasteiger partial charge in [0.2, 0.25) is 0 Å². The number of carbonyl (C=O) groups is 3. The topological polar surface area (TPSA) is 154 Å². The van der Waals surface area contributed by atoms with Gasteiger partial charge < -0.3 is 30.8 Å². The van der Waals surface area contributed by atoms with E-state index in [1.54, 1.807) is 11.6 Å². The van der Waals surface area contributed by atoms with Gasteiger partial charge in [-0.25, -0.2) is 9.78 Å². The molecule has 0 spiro atoms. The van der Waals surface area contributed by atoms with Crippen molar-refractivity contribution < 1.29 is 24.3 Å². The van der Waals surface area contributed by atoms with Crippen molar-refractivity contribution in [1.29, 1.82) is 0 Å². The molecule has 1 aromatic rings. The minimum Gasteiger partial charge on any atom is -0.477 e. The summed E-state index contributed by atoms with van der Waals surface area (Å²) in [4.78, 5) is 51.4. The summed E-state index contributed by atoms with van der Waals surface area (Å²) in [5, 5.41) is 18.0. The number of carboxylic acids is 1. The van der Waals surface area contributed by atoms with Crippen molar-refractivity contribution in [2.45, 2.75) is 24.9 Å². The van der Waals surface area contributed by atoms with Gasteiger partial charge in [-0.1, -0.05) is 5.16 Å². The summed E-state index contributed by atoms with van der Waals surface area (Å²) in [6, 6.07) is -1.32. The van der Waals surface area contributed by atoms with Gasteiger partial charge in [-0.15, -0.1) is 11.3 Å². The second-order valence-electron chi connectivity index (χ2n) is 7.23. The second kappa shape index (κ2) is 7.91. The van der Waals surface area contributed by atoms with Gasteiger partial charge in [0.25, 0.3) is 11.8 Å². The number of nitrogens with two attached hydrogens (primary N) is 1. The number of aromatic nitrogens is 1. The first kappa shape index (κ1) is 20.7. The highest BCUT2D eigenvalue weighted by molar-refractivity contribution is 7.13. The van der Waals surface area contributed by atoms with E-state index in [4.69, 9.17) is 10.6 Å². The number of oxime groups is 1. The largest absolute Gasteiger partial charge is 0.477 e. The fourth-order valence-electron chi connectivity index (χ4n) is 3.93. The normalized spacial score (nSPS) is 23.1. The average molecular weight is 447 g/mol. The number of anilines is 1. The van der Waals surface area contributed by atoms with Crippen LogP contribution in [0.15, 0.2) is 34.3 Å². The molecule has 4 N–H and O–H groups in total. The van der Waals surface area contributed by atoms with Gasteiger partial charge >= 0.3 is 5.97 Å². The molecule has 0 radical (unpaired) electrons. The Bertz CT molecular complexity index is 1030. The molecule has 4 heterocycles. The fraction of sp³-hybridized carbons (Fsp3) is 0.389. The van der Waals surface area contributed by atoms with Crippen LogP contribution in [0.25, 0.3) is 0 Å². The number of β-lactam (4-membered cyclic amide) rings is 1. The number of hydrogen-bond donors (Lipinski definition) is 3. The summed E-state index contributed by atoms with van der Waals surface area (Å²) in [5.74, 6) is -2.32. The van der Waals surface area contributed by atoms with Crippen molar-refractivity contribution >= 4 is 40.0 Å². The monoisotopic (exact) mass is 447 g/mol. The van der Waals surface area contributed by atoms with E-state index in [2.05, 4.69) is 15.5 Å². The van der Waals surface area contributed by atoms with Gasteiger partial charge in [-0.2, -0.15) is 0 Å². The van der Waals surface area contributed by atoms with Crippen LogP contribution in [-0.2, 0) is 19.2 Å². The summed E-state index contributed by atoms with van der Waals surface area (Å²) >= 11 is 1.14. The van der Waals surface area contributed by atoms with Crippen LogP contribution in [0.5, 0.6) is 0 Å². The van der Waals surface area contributed by atoms with Gasteiger partial charge in [-0.05, 0) is 12.8 Å². The molecule has 4 rings (SSSR count). The molecule has 1 saturated heterocycles. The van der Waals surface area contributed by atoms with Crippen molar-refractivity contribution in [3.63, 3.8) is 0 Å².